The molecule has 2 saturated heterocycles. The second kappa shape index (κ2) is 7.71. The number of fused-ring (bicyclic) bond motifs is 1. The SMILES string of the molecule is Cl.Cn1c(=O)c2c(ncn2CCC(=O)N2CCC3(CCNC3)CC2)n(C)c1=O. The monoisotopic (exact) mass is 410 g/mol. The second-order valence-corrected chi connectivity index (χ2v) is 7.87. The summed E-state index contributed by atoms with van der Waals surface area (Å²) in [5.74, 6) is 0.110. The van der Waals surface area contributed by atoms with Crippen LogP contribution < -0.4 is 16.6 Å². The predicted octanol–water partition coefficient (Wildman–Crippen LogP) is -0.152. The van der Waals surface area contributed by atoms with Gasteiger partial charge in [0.25, 0.3) is 5.56 Å². The number of nitrogens with zero attached hydrogens (tertiary/aromatic N) is 5. The molecule has 1 spiro atoms. The fraction of sp³-hybridized carbons (Fsp3) is 0.667. The summed E-state index contributed by atoms with van der Waals surface area (Å²) < 4.78 is 4.11. The van der Waals surface area contributed by atoms with Crippen LogP contribution in [0.1, 0.15) is 25.7 Å². The number of hydrogen-bond acceptors (Lipinski definition) is 5. The predicted molar refractivity (Wildman–Crippen MR) is 108 cm³/mol. The van der Waals surface area contributed by atoms with Gasteiger partial charge in [-0.05, 0) is 31.2 Å². The van der Waals surface area contributed by atoms with Crippen molar-refractivity contribution < 1.29 is 4.79 Å². The number of halogens is 1. The van der Waals surface area contributed by atoms with Crippen LogP contribution in [0.15, 0.2) is 15.9 Å². The average Bonchev–Trinajstić information content (AvgIpc) is 3.31. The molecule has 2 fully saturated rings. The summed E-state index contributed by atoms with van der Waals surface area (Å²) in [5.41, 5.74) is 0.310. The molecule has 4 heterocycles. The molecule has 4 rings (SSSR count). The molecule has 0 atom stereocenters. The summed E-state index contributed by atoms with van der Waals surface area (Å²) in [7, 11) is 3.04. The van der Waals surface area contributed by atoms with E-state index in [-0.39, 0.29) is 23.9 Å². The number of aryl methyl sites for hydroxylation is 2. The molecule has 0 radical (unpaired) electrons. The first-order valence-electron chi connectivity index (χ1n) is 9.51. The van der Waals surface area contributed by atoms with Crippen LogP contribution in [0.3, 0.4) is 0 Å². The Labute approximate surface area is 168 Å². The molecule has 0 bridgehead atoms. The lowest BCUT2D eigenvalue weighted by atomic mass is 9.78. The summed E-state index contributed by atoms with van der Waals surface area (Å²) in [4.78, 5) is 43.2. The van der Waals surface area contributed by atoms with Crippen molar-refractivity contribution in [2.45, 2.75) is 32.2 Å². The molecule has 9 nitrogen and oxygen atoms in total. The van der Waals surface area contributed by atoms with Gasteiger partial charge < -0.3 is 14.8 Å². The standard InChI is InChI=1S/C18H26N6O3.ClH/c1-21-15-14(16(26)22(2)17(21)27)24(12-20-15)8-3-13(25)23-9-5-18(6-10-23)4-7-19-11-18;/h12,19H,3-11H2,1-2H3;1H. The molecule has 2 aromatic rings. The van der Waals surface area contributed by atoms with E-state index in [2.05, 4.69) is 10.3 Å². The van der Waals surface area contributed by atoms with Crippen LogP contribution in [0.2, 0.25) is 0 Å². The van der Waals surface area contributed by atoms with Gasteiger partial charge in [-0.25, -0.2) is 9.78 Å². The molecule has 10 heteroatoms. The molecule has 2 aromatic heterocycles. The van der Waals surface area contributed by atoms with Gasteiger partial charge >= 0.3 is 5.69 Å². The van der Waals surface area contributed by atoms with Gasteiger partial charge in [0.15, 0.2) is 11.2 Å². The molecular formula is C18H27ClN6O3. The van der Waals surface area contributed by atoms with Gasteiger partial charge in [-0.15, -0.1) is 12.4 Å². The first-order chi connectivity index (χ1) is 12.9. The van der Waals surface area contributed by atoms with Gasteiger partial charge in [-0.1, -0.05) is 0 Å². The van der Waals surface area contributed by atoms with Crippen molar-refractivity contribution >= 4 is 29.5 Å². The fourth-order valence-electron chi connectivity index (χ4n) is 4.39. The van der Waals surface area contributed by atoms with Gasteiger partial charge in [-0.2, -0.15) is 0 Å². The van der Waals surface area contributed by atoms with Crippen molar-refractivity contribution in [1.82, 2.24) is 28.9 Å². The number of imidazole rings is 1. The number of carbonyl (C=O) groups is 1. The summed E-state index contributed by atoms with van der Waals surface area (Å²) >= 11 is 0. The van der Waals surface area contributed by atoms with E-state index >= 15 is 0 Å². The minimum absolute atomic E-state index is 0. The number of nitrogens with one attached hydrogen (secondary N) is 1. The Morgan fingerprint density at radius 1 is 1.18 bits per heavy atom. The molecule has 0 saturated carbocycles. The number of amides is 1. The second-order valence-electron chi connectivity index (χ2n) is 7.87. The maximum absolute atomic E-state index is 12.6. The van der Waals surface area contributed by atoms with Crippen molar-refractivity contribution in [2.24, 2.45) is 19.5 Å². The Balaban J connectivity index is 0.00000225. The quantitative estimate of drug-likeness (QED) is 0.759. The molecule has 154 valence electrons. The minimum Gasteiger partial charge on any atom is -0.343 e. The van der Waals surface area contributed by atoms with Gasteiger partial charge in [-0.3, -0.25) is 18.7 Å². The Kier molecular flexibility index (Phi) is 5.67. The van der Waals surface area contributed by atoms with Crippen molar-refractivity contribution in [3.63, 3.8) is 0 Å². The van der Waals surface area contributed by atoms with Gasteiger partial charge in [0.1, 0.15) is 0 Å². The van der Waals surface area contributed by atoms with E-state index in [9.17, 15) is 14.4 Å². The Morgan fingerprint density at radius 2 is 1.89 bits per heavy atom. The third kappa shape index (κ3) is 3.37. The van der Waals surface area contributed by atoms with Crippen molar-refractivity contribution in [1.29, 1.82) is 0 Å². The smallest absolute Gasteiger partial charge is 0.332 e. The van der Waals surface area contributed by atoms with Crippen LogP contribution in [-0.4, -0.2) is 55.7 Å². The maximum atomic E-state index is 12.6. The van der Waals surface area contributed by atoms with Crippen LogP contribution in [0.25, 0.3) is 11.2 Å². The van der Waals surface area contributed by atoms with E-state index in [0.717, 1.165) is 43.6 Å². The van der Waals surface area contributed by atoms with Crippen LogP contribution in [0, 0.1) is 5.41 Å². The minimum atomic E-state index is -0.405. The fourth-order valence-corrected chi connectivity index (χ4v) is 4.39. The first kappa shape index (κ1) is 20.6. The highest BCUT2D eigenvalue weighted by Gasteiger charge is 2.37. The van der Waals surface area contributed by atoms with Gasteiger partial charge in [0.2, 0.25) is 5.91 Å². The molecule has 2 aliphatic rings. The normalized spacial score (nSPS) is 18.6. The number of rotatable bonds is 3. The van der Waals surface area contributed by atoms with Crippen molar-refractivity contribution in [3.05, 3.63) is 27.2 Å². The Hall–Kier alpha value is -2.13. The summed E-state index contributed by atoms with van der Waals surface area (Å²) in [5, 5.41) is 3.44. The number of aromatic nitrogens is 4. The van der Waals surface area contributed by atoms with E-state index in [4.69, 9.17) is 0 Å². The number of piperidine rings is 1. The molecule has 1 amide bonds. The van der Waals surface area contributed by atoms with E-state index < -0.39 is 5.69 Å². The Bertz CT molecular complexity index is 991. The van der Waals surface area contributed by atoms with Gasteiger partial charge in [0.05, 0.1) is 6.33 Å². The van der Waals surface area contributed by atoms with Crippen molar-refractivity contribution in [3.8, 4) is 0 Å². The van der Waals surface area contributed by atoms with E-state index in [1.165, 1.54) is 24.4 Å². The van der Waals surface area contributed by atoms with Crippen molar-refractivity contribution in [2.75, 3.05) is 26.2 Å². The number of carbonyl (C=O) groups excluding carboxylic acids is 1. The molecule has 0 aromatic carbocycles. The highest BCUT2D eigenvalue weighted by atomic mass is 35.5. The van der Waals surface area contributed by atoms with Crippen LogP contribution in [0.4, 0.5) is 0 Å². The van der Waals surface area contributed by atoms with E-state index in [0.29, 0.717) is 29.5 Å². The molecule has 0 aliphatic carbocycles. The zero-order valence-corrected chi connectivity index (χ0v) is 17.1. The van der Waals surface area contributed by atoms with E-state index in [1.807, 2.05) is 4.90 Å². The van der Waals surface area contributed by atoms with Gasteiger partial charge in [0, 0.05) is 46.7 Å². The molecular weight excluding hydrogens is 384 g/mol. The molecule has 1 N–H and O–H groups in total. The summed E-state index contributed by atoms with van der Waals surface area (Å²) in [6, 6.07) is 0. The topological polar surface area (TPSA) is 94.2 Å². The molecule has 2 aliphatic heterocycles. The summed E-state index contributed by atoms with van der Waals surface area (Å²) in [6.45, 7) is 4.14. The third-order valence-corrected chi connectivity index (χ3v) is 6.29. The van der Waals surface area contributed by atoms with Crippen LogP contribution in [0.5, 0.6) is 0 Å². The van der Waals surface area contributed by atoms with E-state index in [1.54, 1.807) is 11.6 Å². The van der Waals surface area contributed by atoms with Crippen LogP contribution >= 0.6 is 12.4 Å². The number of likely N-dealkylation sites (tertiary alicyclic amines) is 1. The molecule has 0 unspecified atom stereocenters. The zero-order chi connectivity index (χ0) is 19.2. The third-order valence-electron chi connectivity index (χ3n) is 6.29. The average molecular weight is 411 g/mol. The zero-order valence-electron chi connectivity index (χ0n) is 16.3. The highest BCUT2D eigenvalue weighted by molar-refractivity contribution is 5.85. The summed E-state index contributed by atoms with van der Waals surface area (Å²) in [6.07, 6.45) is 5.18. The lowest BCUT2D eigenvalue weighted by molar-refractivity contribution is -0.133. The maximum Gasteiger partial charge on any atom is 0.332 e. The highest BCUT2D eigenvalue weighted by Crippen LogP contribution is 2.36. The Morgan fingerprint density at radius 3 is 2.54 bits per heavy atom. The number of hydrogen-bond donors (Lipinski definition) is 1. The lowest BCUT2D eigenvalue weighted by Crippen LogP contribution is -2.44. The first-order valence-corrected chi connectivity index (χ1v) is 9.51. The lowest BCUT2D eigenvalue weighted by Gasteiger charge is -2.39. The largest absolute Gasteiger partial charge is 0.343 e. The van der Waals surface area contributed by atoms with Crippen LogP contribution in [-0.2, 0) is 25.4 Å². The molecule has 28 heavy (non-hydrogen) atoms.